The summed E-state index contributed by atoms with van der Waals surface area (Å²) >= 11 is 0. The van der Waals surface area contributed by atoms with Gasteiger partial charge in [0, 0.05) is 16.1 Å². The molecule has 3 fully saturated rings. The van der Waals surface area contributed by atoms with Gasteiger partial charge in [-0.05, 0) is 63.9 Å². The number of fused-ring (bicyclic) bond motifs is 2. The van der Waals surface area contributed by atoms with E-state index in [1.165, 1.54) is 0 Å². The second kappa shape index (κ2) is 5.46. The Hall–Kier alpha value is -0.105. The zero-order chi connectivity index (χ0) is 19.1. The molecule has 0 amide bonds. The van der Waals surface area contributed by atoms with Crippen molar-refractivity contribution in [2.75, 3.05) is 5.75 Å². The van der Waals surface area contributed by atoms with E-state index in [9.17, 15) is 8.42 Å². The van der Waals surface area contributed by atoms with Gasteiger partial charge in [0.2, 0.25) is 9.05 Å². The zero-order valence-electron chi connectivity index (χ0n) is 15.8. The van der Waals surface area contributed by atoms with Crippen LogP contribution < -0.4 is 0 Å². The van der Waals surface area contributed by atoms with Crippen LogP contribution in [0.1, 0.15) is 60.8 Å². The first-order chi connectivity index (χ1) is 11.1. The maximum atomic E-state index is 15.5. The predicted molar refractivity (Wildman–Crippen MR) is 97.4 cm³/mol. The Kier molecular flexibility index (Phi) is 4.29. The molecule has 2 aliphatic carbocycles. The average molecular weight is 393 g/mol. The largest absolute Gasteiger partial charge is 0.525 e. The molecular weight excluding hydrogens is 366 g/mol. The fourth-order valence-corrected chi connectivity index (χ4v) is 6.73. The topological polar surface area (TPSA) is 52.6 Å². The van der Waals surface area contributed by atoms with Crippen LogP contribution in [0.5, 0.6) is 0 Å². The van der Waals surface area contributed by atoms with E-state index in [2.05, 4.69) is 0 Å². The number of hydrogen-bond acceptors (Lipinski definition) is 4. The van der Waals surface area contributed by atoms with Crippen LogP contribution in [0.25, 0.3) is 0 Å². The SMILES string of the molecule is CC1(C)OB(C(F)=C2CC3CCC2(CS(=O)(=O)Cl)C3(C)C)OC1(C)C. The van der Waals surface area contributed by atoms with E-state index in [1.807, 2.05) is 41.5 Å². The lowest BCUT2D eigenvalue weighted by atomic mass is 9.66. The molecule has 2 atom stereocenters. The van der Waals surface area contributed by atoms with Crippen LogP contribution in [0.4, 0.5) is 4.39 Å². The van der Waals surface area contributed by atoms with Gasteiger partial charge in [0.1, 0.15) is 5.73 Å². The van der Waals surface area contributed by atoms with Crippen LogP contribution in [0, 0.1) is 16.7 Å². The normalized spacial score (nSPS) is 37.6. The molecule has 0 radical (unpaired) electrons. The molecule has 3 rings (SSSR count). The highest BCUT2D eigenvalue weighted by Crippen LogP contribution is 2.69. The number of rotatable bonds is 3. The van der Waals surface area contributed by atoms with Gasteiger partial charge in [-0.3, -0.25) is 0 Å². The Balaban J connectivity index is 2.05. The van der Waals surface area contributed by atoms with E-state index < -0.39 is 38.5 Å². The third-order valence-electron chi connectivity index (χ3n) is 7.37. The van der Waals surface area contributed by atoms with Crippen LogP contribution in [-0.4, -0.2) is 32.5 Å². The summed E-state index contributed by atoms with van der Waals surface area (Å²) < 4.78 is 51.0. The first-order valence-corrected chi connectivity index (χ1v) is 11.3. The van der Waals surface area contributed by atoms with Crippen LogP contribution in [0.3, 0.4) is 0 Å². The second-order valence-electron chi connectivity index (χ2n) is 9.34. The summed E-state index contributed by atoms with van der Waals surface area (Å²) in [5.74, 6) is 0.00178. The van der Waals surface area contributed by atoms with Gasteiger partial charge in [-0.1, -0.05) is 13.8 Å². The number of allylic oxidation sites excluding steroid dienone is 1. The quantitative estimate of drug-likeness (QED) is 0.532. The van der Waals surface area contributed by atoms with Crippen molar-refractivity contribution in [1.82, 2.24) is 0 Å². The molecule has 1 heterocycles. The van der Waals surface area contributed by atoms with Crippen molar-refractivity contribution in [1.29, 1.82) is 0 Å². The predicted octanol–water partition coefficient (Wildman–Crippen LogP) is 4.24. The maximum absolute atomic E-state index is 15.5. The second-order valence-corrected chi connectivity index (χ2v) is 12.1. The molecule has 2 unspecified atom stereocenters. The van der Waals surface area contributed by atoms with Gasteiger partial charge in [0.25, 0.3) is 0 Å². The van der Waals surface area contributed by atoms with Gasteiger partial charge in [0.15, 0.2) is 0 Å². The summed E-state index contributed by atoms with van der Waals surface area (Å²) in [5.41, 5.74) is -2.34. The van der Waals surface area contributed by atoms with Crippen molar-refractivity contribution in [3.63, 3.8) is 0 Å². The summed E-state index contributed by atoms with van der Waals surface area (Å²) in [5, 5.41) is 0. The molecule has 0 spiro atoms. The minimum atomic E-state index is -3.77. The minimum absolute atomic E-state index is 0.243. The molecule has 2 saturated carbocycles. The van der Waals surface area contributed by atoms with Crippen molar-refractivity contribution in [3.05, 3.63) is 11.3 Å². The van der Waals surface area contributed by atoms with Crippen molar-refractivity contribution in [2.45, 2.75) is 72.0 Å². The Bertz CT molecular complexity index is 715. The fourth-order valence-electron chi connectivity index (χ4n) is 4.89. The molecule has 0 aromatic rings. The third kappa shape index (κ3) is 2.81. The molecule has 0 aromatic heterocycles. The lowest BCUT2D eigenvalue weighted by Crippen LogP contribution is -2.41. The van der Waals surface area contributed by atoms with Gasteiger partial charge in [-0.2, -0.15) is 0 Å². The summed E-state index contributed by atoms with van der Waals surface area (Å²) in [7, 11) is 0.751. The lowest BCUT2D eigenvalue weighted by molar-refractivity contribution is 0.00578. The molecule has 142 valence electrons. The Morgan fingerprint density at radius 1 is 1.20 bits per heavy atom. The summed E-state index contributed by atoms with van der Waals surface area (Å²) in [6.45, 7) is 11.5. The van der Waals surface area contributed by atoms with Crippen LogP contribution in [0.2, 0.25) is 0 Å². The molecule has 1 aliphatic heterocycles. The minimum Gasteiger partial charge on any atom is -0.398 e. The van der Waals surface area contributed by atoms with Crippen molar-refractivity contribution < 1.29 is 22.1 Å². The molecule has 25 heavy (non-hydrogen) atoms. The van der Waals surface area contributed by atoms with Crippen LogP contribution in [0.15, 0.2) is 11.3 Å². The van der Waals surface area contributed by atoms with E-state index in [-0.39, 0.29) is 17.1 Å². The molecule has 4 nitrogen and oxygen atoms in total. The highest BCUT2D eigenvalue weighted by Gasteiger charge is 2.65. The summed E-state index contributed by atoms with van der Waals surface area (Å²) in [4.78, 5) is 0. The van der Waals surface area contributed by atoms with Crippen LogP contribution >= 0.6 is 10.7 Å². The molecule has 1 saturated heterocycles. The number of hydrogen-bond donors (Lipinski definition) is 0. The highest BCUT2D eigenvalue weighted by molar-refractivity contribution is 8.13. The molecule has 2 bridgehead atoms. The van der Waals surface area contributed by atoms with Crippen molar-refractivity contribution in [2.24, 2.45) is 16.7 Å². The molecular formula is C17H27BClFO4S. The fraction of sp³-hybridized carbons (Fsp3) is 0.882. The maximum Gasteiger partial charge on any atom is 0.525 e. The number of halogens is 2. The molecule has 3 aliphatic rings. The Labute approximate surface area is 155 Å². The third-order valence-corrected chi connectivity index (χ3v) is 8.53. The smallest absolute Gasteiger partial charge is 0.398 e. The first-order valence-electron chi connectivity index (χ1n) is 8.80. The molecule has 8 heteroatoms. The molecule has 0 N–H and O–H groups in total. The van der Waals surface area contributed by atoms with Crippen molar-refractivity contribution >= 4 is 26.9 Å². The van der Waals surface area contributed by atoms with Gasteiger partial charge in [-0.25, -0.2) is 12.8 Å². The standard InChI is InChI=1S/C17H27BClFO4S/c1-14(2)11-7-8-17(14,10-25(19,21)22)12(9-11)13(20)18-23-15(3,4)16(5,6)24-18/h11H,7-10H2,1-6H3. The first kappa shape index (κ1) is 19.7. The zero-order valence-corrected chi connectivity index (χ0v) is 17.4. The highest BCUT2D eigenvalue weighted by atomic mass is 35.7. The monoisotopic (exact) mass is 392 g/mol. The van der Waals surface area contributed by atoms with Gasteiger partial charge in [-0.15, -0.1) is 0 Å². The Morgan fingerprint density at radius 2 is 1.72 bits per heavy atom. The van der Waals surface area contributed by atoms with E-state index in [0.717, 1.165) is 6.42 Å². The van der Waals surface area contributed by atoms with Crippen LogP contribution in [-0.2, 0) is 18.4 Å². The van der Waals surface area contributed by atoms with E-state index in [4.69, 9.17) is 20.0 Å². The summed E-state index contributed by atoms with van der Waals surface area (Å²) in [6.07, 6.45) is 2.05. The average Bonchev–Trinajstić information content (AvgIpc) is 2.86. The summed E-state index contributed by atoms with van der Waals surface area (Å²) in [6, 6.07) is 0. The van der Waals surface area contributed by atoms with Gasteiger partial charge in [0.05, 0.1) is 17.0 Å². The van der Waals surface area contributed by atoms with E-state index >= 15 is 4.39 Å². The van der Waals surface area contributed by atoms with Gasteiger partial charge >= 0.3 is 7.12 Å². The van der Waals surface area contributed by atoms with Gasteiger partial charge < -0.3 is 9.31 Å². The lowest BCUT2D eigenvalue weighted by Gasteiger charge is -2.38. The van der Waals surface area contributed by atoms with E-state index in [0.29, 0.717) is 18.4 Å². The van der Waals surface area contributed by atoms with Crippen molar-refractivity contribution in [3.8, 4) is 0 Å². The van der Waals surface area contributed by atoms with E-state index in [1.54, 1.807) is 0 Å². The Morgan fingerprint density at radius 3 is 2.16 bits per heavy atom. The molecule has 0 aromatic carbocycles.